The molecule has 2 atom stereocenters. The molecular weight excluding hydrogens is 138 g/mol. The lowest BCUT2D eigenvalue weighted by atomic mass is 10.2. The van der Waals surface area contributed by atoms with Gasteiger partial charge in [0.1, 0.15) is 0 Å². The van der Waals surface area contributed by atoms with E-state index in [4.69, 9.17) is 10.5 Å². The second-order valence-electron chi connectivity index (χ2n) is 3.14. The molecule has 11 heavy (non-hydrogen) atoms. The van der Waals surface area contributed by atoms with E-state index < -0.39 is 0 Å². The lowest BCUT2D eigenvalue weighted by Gasteiger charge is -2.15. The minimum Gasteiger partial charge on any atom is -0.377 e. The van der Waals surface area contributed by atoms with Gasteiger partial charge in [-0.05, 0) is 20.3 Å². The molecule has 0 saturated heterocycles. The van der Waals surface area contributed by atoms with E-state index in [1.54, 1.807) is 0 Å². The average molecular weight is 159 g/mol. The second-order valence-corrected chi connectivity index (χ2v) is 3.14. The van der Waals surface area contributed by atoms with Crippen LogP contribution in [0.2, 0.25) is 0 Å². The molecule has 2 heteroatoms. The summed E-state index contributed by atoms with van der Waals surface area (Å²) in [6, 6.07) is 0.150. The third kappa shape index (κ3) is 6.32. The van der Waals surface area contributed by atoms with Crippen LogP contribution in [0.1, 0.15) is 40.0 Å². The van der Waals surface area contributed by atoms with E-state index in [0.717, 1.165) is 13.0 Å². The molecule has 0 bridgehead atoms. The largest absolute Gasteiger partial charge is 0.377 e. The molecule has 0 aliphatic rings. The first-order valence-electron chi connectivity index (χ1n) is 4.55. The summed E-state index contributed by atoms with van der Waals surface area (Å²) >= 11 is 0. The van der Waals surface area contributed by atoms with Gasteiger partial charge >= 0.3 is 0 Å². The molecule has 0 aromatic rings. The standard InChI is InChI=1S/C9H21NO/c1-4-5-6-7-11-9(3)8(2)10/h8-9H,4-7,10H2,1-3H3. The molecule has 2 unspecified atom stereocenters. The van der Waals surface area contributed by atoms with Crippen LogP contribution < -0.4 is 5.73 Å². The smallest absolute Gasteiger partial charge is 0.0695 e. The second kappa shape index (κ2) is 6.62. The average Bonchev–Trinajstić information content (AvgIpc) is 1.97. The molecule has 0 aromatic carbocycles. The van der Waals surface area contributed by atoms with E-state index in [2.05, 4.69) is 6.92 Å². The first-order chi connectivity index (χ1) is 5.18. The van der Waals surface area contributed by atoms with Crippen LogP contribution in [0, 0.1) is 0 Å². The topological polar surface area (TPSA) is 35.2 Å². The van der Waals surface area contributed by atoms with Gasteiger partial charge in [-0.25, -0.2) is 0 Å². The number of rotatable bonds is 6. The van der Waals surface area contributed by atoms with Gasteiger partial charge in [-0.3, -0.25) is 0 Å². The van der Waals surface area contributed by atoms with Gasteiger partial charge < -0.3 is 10.5 Å². The molecule has 0 aliphatic heterocycles. The number of hydrogen-bond acceptors (Lipinski definition) is 2. The maximum Gasteiger partial charge on any atom is 0.0695 e. The van der Waals surface area contributed by atoms with Gasteiger partial charge in [0.2, 0.25) is 0 Å². The minimum atomic E-state index is 0.150. The van der Waals surface area contributed by atoms with Crippen LogP contribution in [-0.4, -0.2) is 18.8 Å². The maximum atomic E-state index is 5.63. The molecule has 0 saturated carbocycles. The van der Waals surface area contributed by atoms with Crippen molar-refractivity contribution in [3.8, 4) is 0 Å². The van der Waals surface area contributed by atoms with Crippen LogP contribution in [0.15, 0.2) is 0 Å². The zero-order chi connectivity index (χ0) is 8.69. The van der Waals surface area contributed by atoms with Crippen molar-refractivity contribution in [3.05, 3.63) is 0 Å². The summed E-state index contributed by atoms with van der Waals surface area (Å²) in [5, 5.41) is 0. The Morgan fingerprint density at radius 3 is 2.36 bits per heavy atom. The highest BCUT2D eigenvalue weighted by molar-refractivity contribution is 4.61. The van der Waals surface area contributed by atoms with Gasteiger partial charge in [0.25, 0.3) is 0 Å². The number of nitrogens with two attached hydrogens (primary N) is 1. The van der Waals surface area contributed by atoms with Crippen molar-refractivity contribution >= 4 is 0 Å². The summed E-state index contributed by atoms with van der Waals surface area (Å²) in [5.74, 6) is 0. The number of hydrogen-bond donors (Lipinski definition) is 1. The Kier molecular flexibility index (Phi) is 6.57. The molecule has 0 rings (SSSR count). The maximum absolute atomic E-state index is 5.63. The molecule has 0 aliphatic carbocycles. The highest BCUT2D eigenvalue weighted by Crippen LogP contribution is 1.99. The van der Waals surface area contributed by atoms with Crippen molar-refractivity contribution in [2.75, 3.05) is 6.61 Å². The predicted octanol–water partition coefficient (Wildman–Crippen LogP) is 1.93. The monoisotopic (exact) mass is 159 g/mol. The van der Waals surface area contributed by atoms with E-state index in [-0.39, 0.29) is 12.1 Å². The Morgan fingerprint density at radius 2 is 1.91 bits per heavy atom. The quantitative estimate of drug-likeness (QED) is 0.601. The third-order valence-corrected chi connectivity index (χ3v) is 1.87. The predicted molar refractivity (Wildman–Crippen MR) is 48.6 cm³/mol. The van der Waals surface area contributed by atoms with Gasteiger partial charge in [0, 0.05) is 12.6 Å². The first-order valence-corrected chi connectivity index (χ1v) is 4.55. The molecular formula is C9H21NO. The molecule has 0 radical (unpaired) electrons. The van der Waals surface area contributed by atoms with Gasteiger partial charge in [-0.2, -0.15) is 0 Å². The first kappa shape index (κ1) is 10.9. The molecule has 0 spiro atoms. The molecule has 2 nitrogen and oxygen atoms in total. The molecule has 2 N–H and O–H groups in total. The van der Waals surface area contributed by atoms with E-state index in [1.165, 1.54) is 12.8 Å². The molecule has 0 heterocycles. The van der Waals surface area contributed by atoms with Crippen molar-refractivity contribution in [1.29, 1.82) is 0 Å². The summed E-state index contributed by atoms with van der Waals surface area (Å²) < 4.78 is 5.48. The summed E-state index contributed by atoms with van der Waals surface area (Å²) in [5.41, 5.74) is 5.63. The van der Waals surface area contributed by atoms with E-state index in [9.17, 15) is 0 Å². The minimum absolute atomic E-state index is 0.150. The molecule has 68 valence electrons. The highest BCUT2D eigenvalue weighted by atomic mass is 16.5. The Morgan fingerprint density at radius 1 is 1.27 bits per heavy atom. The van der Waals surface area contributed by atoms with Crippen LogP contribution in [0.25, 0.3) is 0 Å². The highest BCUT2D eigenvalue weighted by Gasteiger charge is 2.05. The van der Waals surface area contributed by atoms with Crippen molar-refractivity contribution in [2.24, 2.45) is 5.73 Å². The fourth-order valence-corrected chi connectivity index (χ4v) is 0.773. The summed E-state index contributed by atoms with van der Waals surface area (Å²) in [6.07, 6.45) is 3.86. The Balaban J connectivity index is 3.10. The van der Waals surface area contributed by atoms with Gasteiger partial charge in [-0.15, -0.1) is 0 Å². The van der Waals surface area contributed by atoms with E-state index >= 15 is 0 Å². The van der Waals surface area contributed by atoms with E-state index in [1.807, 2.05) is 13.8 Å². The van der Waals surface area contributed by atoms with Crippen LogP contribution in [-0.2, 0) is 4.74 Å². The van der Waals surface area contributed by atoms with Gasteiger partial charge in [0.15, 0.2) is 0 Å². The summed E-state index contributed by atoms with van der Waals surface area (Å²) in [6.45, 7) is 7.05. The summed E-state index contributed by atoms with van der Waals surface area (Å²) in [4.78, 5) is 0. The molecule has 0 amide bonds. The lowest BCUT2D eigenvalue weighted by molar-refractivity contribution is 0.0498. The fourth-order valence-electron chi connectivity index (χ4n) is 0.773. The molecule has 0 aromatic heterocycles. The Labute approximate surface area is 70.1 Å². The van der Waals surface area contributed by atoms with Crippen molar-refractivity contribution < 1.29 is 4.74 Å². The van der Waals surface area contributed by atoms with Crippen molar-refractivity contribution in [3.63, 3.8) is 0 Å². The molecule has 0 fully saturated rings. The zero-order valence-corrected chi connectivity index (χ0v) is 7.97. The Bertz CT molecular complexity index is 83.6. The van der Waals surface area contributed by atoms with Gasteiger partial charge in [-0.1, -0.05) is 19.8 Å². The van der Waals surface area contributed by atoms with Crippen molar-refractivity contribution in [2.45, 2.75) is 52.2 Å². The van der Waals surface area contributed by atoms with Crippen LogP contribution in [0.5, 0.6) is 0 Å². The van der Waals surface area contributed by atoms with Crippen LogP contribution in [0.3, 0.4) is 0 Å². The van der Waals surface area contributed by atoms with Crippen LogP contribution in [0.4, 0.5) is 0 Å². The summed E-state index contributed by atoms with van der Waals surface area (Å²) in [7, 11) is 0. The lowest BCUT2D eigenvalue weighted by Crippen LogP contribution is -2.31. The number of unbranched alkanes of at least 4 members (excludes halogenated alkanes) is 2. The van der Waals surface area contributed by atoms with Gasteiger partial charge in [0.05, 0.1) is 6.10 Å². The third-order valence-electron chi connectivity index (χ3n) is 1.87. The Hall–Kier alpha value is -0.0800. The zero-order valence-electron chi connectivity index (χ0n) is 7.97. The SMILES string of the molecule is CCCCCOC(C)C(C)N. The fraction of sp³-hybridized carbons (Fsp3) is 1.00. The normalized spacial score (nSPS) is 16.4. The number of ether oxygens (including phenoxy) is 1. The van der Waals surface area contributed by atoms with E-state index in [0.29, 0.717) is 0 Å². The van der Waals surface area contributed by atoms with Crippen LogP contribution >= 0.6 is 0 Å². The van der Waals surface area contributed by atoms with Crippen molar-refractivity contribution in [1.82, 2.24) is 0 Å².